The summed E-state index contributed by atoms with van der Waals surface area (Å²) in [6.45, 7) is 2.73. The second kappa shape index (κ2) is 4.68. The number of carbonyl (C=O) groups is 2. The second-order valence-electron chi connectivity index (χ2n) is 5.56. The standard InChI is InChI=1S/C15H18N2O2/c1-10-2-4-11(5-3-10)8-17-9-13(18)16-14(15(17)19)12-6-7-12/h2-5,12,14H,6-9H2,1H3,(H,16,18). The van der Waals surface area contributed by atoms with E-state index in [4.69, 9.17) is 0 Å². The van der Waals surface area contributed by atoms with E-state index in [1.807, 2.05) is 31.2 Å². The van der Waals surface area contributed by atoms with Crippen LogP contribution in [0.3, 0.4) is 0 Å². The van der Waals surface area contributed by atoms with Crippen molar-refractivity contribution < 1.29 is 9.59 Å². The van der Waals surface area contributed by atoms with E-state index in [2.05, 4.69) is 5.32 Å². The zero-order valence-corrected chi connectivity index (χ0v) is 11.1. The molecule has 4 heteroatoms. The third-order valence-corrected chi connectivity index (χ3v) is 3.82. The van der Waals surface area contributed by atoms with Gasteiger partial charge < -0.3 is 10.2 Å². The van der Waals surface area contributed by atoms with Crippen molar-refractivity contribution in [2.24, 2.45) is 5.92 Å². The van der Waals surface area contributed by atoms with E-state index < -0.39 is 0 Å². The molecule has 1 atom stereocenters. The Bertz CT molecular complexity index is 505. The Morgan fingerprint density at radius 1 is 1.21 bits per heavy atom. The number of hydrogen-bond donors (Lipinski definition) is 1. The average Bonchev–Trinajstić information content (AvgIpc) is 3.20. The molecule has 1 N–H and O–H groups in total. The quantitative estimate of drug-likeness (QED) is 0.886. The van der Waals surface area contributed by atoms with E-state index in [9.17, 15) is 9.59 Å². The summed E-state index contributed by atoms with van der Waals surface area (Å²) in [7, 11) is 0. The highest BCUT2D eigenvalue weighted by Gasteiger charge is 2.42. The Kier molecular flexibility index (Phi) is 3.01. The van der Waals surface area contributed by atoms with Crippen molar-refractivity contribution in [3.05, 3.63) is 35.4 Å². The predicted octanol–water partition coefficient (Wildman–Crippen LogP) is 1.23. The van der Waals surface area contributed by atoms with Gasteiger partial charge in [-0.1, -0.05) is 29.8 Å². The Morgan fingerprint density at radius 2 is 1.89 bits per heavy atom. The number of aryl methyl sites for hydroxylation is 1. The zero-order valence-electron chi connectivity index (χ0n) is 11.1. The molecule has 0 bridgehead atoms. The maximum atomic E-state index is 12.3. The largest absolute Gasteiger partial charge is 0.342 e. The Hall–Kier alpha value is -1.84. The van der Waals surface area contributed by atoms with Gasteiger partial charge >= 0.3 is 0 Å². The summed E-state index contributed by atoms with van der Waals surface area (Å²) in [6, 6.07) is 7.80. The minimum atomic E-state index is -0.285. The lowest BCUT2D eigenvalue weighted by atomic mass is 10.1. The maximum Gasteiger partial charge on any atom is 0.246 e. The summed E-state index contributed by atoms with van der Waals surface area (Å²) in [6.07, 6.45) is 2.10. The van der Waals surface area contributed by atoms with E-state index in [0.717, 1.165) is 18.4 Å². The lowest BCUT2D eigenvalue weighted by molar-refractivity contribution is -0.145. The number of carbonyl (C=O) groups excluding carboxylic acids is 2. The van der Waals surface area contributed by atoms with Crippen LogP contribution in [0, 0.1) is 12.8 Å². The Labute approximate surface area is 112 Å². The normalized spacial score (nSPS) is 23.4. The summed E-state index contributed by atoms with van der Waals surface area (Å²) in [5.74, 6) is 0.392. The summed E-state index contributed by atoms with van der Waals surface area (Å²) < 4.78 is 0. The first-order chi connectivity index (χ1) is 9.13. The third-order valence-electron chi connectivity index (χ3n) is 3.82. The monoisotopic (exact) mass is 258 g/mol. The highest BCUT2D eigenvalue weighted by atomic mass is 16.2. The molecule has 0 aromatic heterocycles. The fourth-order valence-electron chi connectivity index (χ4n) is 2.53. The lowest BCUT2D eigenvalue weighted by Gasteiger charge is -2.32. The molecular formula is C15H18N2O2. The van der Waals surface area contributed by atoms with Gasteiger partial charge in [0.2, 0.25) is 11.8 Å². The van der Waals surface area contributed by atoms with Crippen LogP contribution in [-0.2, 0) is 16.1 Å². The van der Waals surface area contributed by atoms with Gasteiger partial charge in [-0.2, -0.15) is 0 Å². The van der Waals surface area contributed by atoms with Crippen LogP contribution in [-0.4, -0.2) is 29.3 Å². The molecule has 1 unspecified atom stereocenters. The van der Waals surface area contributed by atoms with Gasteiger partial charge in [0.05, 0.1) is 6.54 Å². The SMILES string of the molecule is Cc1ccc(CN2CC(=O)NC(C3CC3)C2=O)cc1. The maximum absolute atomic E-state index is 12.3. The van der Waals surface area contributed by atoms with Crippen molar-refractivity contribution >= 4 is 11.8 Å². The van der Waals surface area contributed by atoms with E-state index in [1.54, 1.807) is 4.90 Å². The fraction of sp³-hybridized carbons (Fsp3) is 0.467. The highest BCUT2D eigenvalue weighted by molar-refractivity contribution is 5.95. The van der Waals surface area contributed by atoms with Gasteiger partial charge in [-0.05, 0) is 31.2 Å². The molecule has 4 nitrogen and oxygen atoms in total. The number of amides is 2. The van der Waals surface area contributed by atoms with Crippen molar-refractivity contribution in [3.8, 4) is 0 Å². The summed E-state index contributed by atoms with van der Waals surface area (Å²) in [5.41, 5.74) is 2.27. The van der Waals surface area contributed by atoms with Gasteiger partial charge in [-0.15, -0.1) is 0 Å². The number of nitrogens with one attached hydrogen (secondary N) is 1. The van der Waals surface area contributed by atoms with Crippen LogP contribution < -0.4 is 5.32 Å². The van der Waals surface area contributed by atoms with Crippen LogP contribution in [0.1, 0.15) is 24.0 Å². The molecule has 1 aliphatic carbocycles. The Morgan fingerprint density at radius 3 is 2.53 bits per heavy atom. The summed E-state index contributed by atoms with van der Waals surface area (Å²) in [5, 5.41) is 2.82. The van der Waals surface area contributed by atoms with Crippen molar-refractivity contribution in [2.75, 3.05) is 6.54 Å². The van der Waals surface area contributed by atoms with E-state index in [1.165, 1.54) is 5.56 Å². The topological polar surface area (TPSA) is 49.4 Å². The van der Waals surface area contributed by atoms with Crippen molar-refractivity contribution in [1.82, 2.24) is 10.2 Å². The average molecular weight is 258 g/mol. The predicted molar refractivity (Wildman–Crippen MR) is 71.3 cm³/mol. The molecule has 2 amide bonds. The smallest absolute Gasteiger partial charge is 0.246 e. The first-order valence-electron chi connectivity index (χ1n) is 6.77. The first-order valence-corrected chi connectivity index (χ1v) is 6.77. The number of hydrogen-bond acceptors (Lipinski definition) is 2. The van der Waals surface area contributed by atoms with Gasteiger partial charge in [0, 0.05) is 6.54 Å². The van der Waals surface area contributed by atoms with Crippen LogP contribution in [0.4, 0.5) is 0 Å². The molecule has 3 rings (SSSR count). The molecule has 1 aliphatic heterocycles. The number of piperazine rings is 1. The van der Waals surface area contributed by atoms with Gasteiger partial charge in [0.1, 0.15) is 6.04 Å². The molecule has 2 aliphatic rings. The van der Waals surface area contributed by atoms with E-state index >= 15 is 0 Å². The van der Waals surface area contributed by atoms with Crippen LogP contribution in [0.5, 0.6) is 0 Å². The van der Waals surface area contributed by atoms with E-state index in [0.29, 0.717) is 12.5 Å². The van der Waals surface area contributed by atoms with Gasteiger partial charge in [0.25, 0.3) is 0 Å². The molecule has 100 valence electrons. The van der Waals surface area contributed by atoms with E-state index in [-0.39, 0.29) is 24.4 Å². The highest BCUT2D eigenvalue weighted by Crippen LogP contribution is 2.34. The molecule has 0 radical (unpaired) electrons. The lowest BCUT2D eigenvalue weighted by Crippen LogP contribution is -2.58. The second-order valence-corrected chi connectivity index (χ2v) is 5.56. The van der Waals surface area contributed by atoms with Crippen LogP contribution in [0.25, 0.3) is 0 Å². The summed E-state index contributed by atoms with van der Waals surface area (Å²) in [4.78, 5) is 25.7. The van der Waals surface area contributed by atoms with Gasteiger partial charge in [0.15, 0.2) is 0 Å². The fourth-order valence-corrected chi connectivity index (χ4v) is 2.53. The first kappa shape index (κ1) is 12.2. The van der Waals surface area contributed by atoms with Crippen molar-refractivity contribution in [1.29, 1.82) is 0 Å². The molecule has 1 aromatic carbocycles. The summed E-state index contributed by atoms with van der Waals surface area (Å²) >= 11 is 0. The number of rotatable bonds is 3. The molecule has 1 aromatic rings. The third kappa shape index (κ3) is 2.62. The minimum Gasteiger partial charge on any atom is -0.342 e. The number of benzene rings is 1. The van der Waals surface area contributed by atoms with Crippen LogP contribution in [0.15, 0.2) is 24.3 Å². The molecule has 2 fully saturated rings. The molecule has 1 saturated heterocycles. The van der Waals surface area contributed by atoms with Crippen molar-refractivity contribution in [2.45, 2.75) is 32.4 Å². The molecule has 1 heterocycles. The van der Waals surface area contributed by atoms with Crippen LogP contribution in [0.2, 0.25) is 0 Å². The number of nitrogens with zero attached hydrogens (tertiary/aromatic N) is 1. The van der Waals surface area contributed by atoms with Gasteiger partial charge in [-0.3, -0.25) is 9.59 Å². The van der Waals surface area contributed by atoms with Gasteiger partial charge in [-0.25, -0.2) is 0 Å². The zero-order chi connectivity index (χ0) is 13.4. The molecule has 1 saturated carbocycles. The van der Waals surface area contributed by atoms with Crippen molar-refractivity contribution in [3.63, 3.8) is 0 Å². The molecular weight excluding hydrogens is 240 g/mol. The molecule has 19 heavy (non-hydrogen) atoms. The minimum absolute atomic E-state index is 0.0383. The van der Waals surface area contributed by atoms with Crippen LogP contribution >= 0.6 is 0 Å². The Balaban J connectivity index is 1.73. The molecule has 0 spiro atoms.